The topological polar surface area (TPSA) is 27.7 Å². The number of rotatable bonds is 8. The molecule has 0 atom stereocenters. The quantitative estimate of drug-likeness (QED) is 0.525. The molecule has 0 amide bonds. The second-order valence-corrected chi connectivity index (χ2v) is 5.16. The number of halogens is 1. The van der Waals surface area contributed by atoms with Gasteiger partial charge in [-0.1, -0.05) is 6.07 Å². The molecule has 0 aliphatic heterocycles. The predicted molar refractivity (Wildman–Crippen MR) is 87.1 cm³/mol. The van der Waals surface area contributed by atoms with Gasteiger partial charge in [0.2, 0.25) is 0 Å². The van der Waals surface area contributed by atoms with Crippen molar-refractivity contribution in [2.45, 2.75) is 19.3 Å². The highest BCUT2D eigenvalue weighted by atomic mass is 35.5. The average molecular weight is 309 g/mol. The molecule has 0 spiro atoms. The van der Waals surface area contributed by atoms with Crippen LogP contribution >= 0.6 is 11.6 Å². The number of methoxy groups -OCH3 is 2. The maximum atomic E-state index is 5.84. The molecular weight excluding hydrogens is 288 g/mol. The van der Waals surface area contributed by atoms with Gasteiger partial charge in [0.1, 0.15) is 5.75 Å². The summed E-state index contributed by atoms with van der Waals surface area (Å²) < 4.78 is 16.6. The fourth-order valence-corrected chi connectivity index (χ4v) is 2.45. The summed E-state index contributed by atoms with van der Waals surface area (Å²) in [5, 5.41) is 2.09. The van der Waals surface area contributed by atoms with Crippen LogP contribution in [0.1, 0.15) is 19.3 Å². The Bertz CT molecular complexity index is 584. The van der Waals surface area contributed by atoms with Crippen molar-refractivity contribution >= 4 is 22.4 Å². The number of unbranched alkanes of at least 4 members (excludes halogenated alkanes) is 2. The van der Waals surface area contributed by atoms with Crippen LogP contribution in [0.4, 0.5) is 0 Å². The molecule has 0 aliphatic carbocycles. The predicted octanol–water partition coefficient (Wildman–Crippen LogP) is 4.64. The first-order valence-electron chi connectivity index (χ1n) is 7.13. The fourth-order valence-electron chi connectivity index (χ4n) is 2.27. The molecule has 0 bridgehead atoms. The molecule has 0 aliphatic rings. The Kier molecular flexibility index (Phi) is 6.00. The Morgan fingerprint density at radius 1 is 0.952 bits per heavy atom. The summed E-state index contributed by atoms with van der Waals surface area (Å²) in [4.78, 5) is 0. The minimum Gasteiger partial charge on any atom is -0.497 e. The van der Waals surface area contributed by atoms with E-state index in [2.05, 4.69) is 0 Å². The van der Waals surface area contributed by atoms with E-state index in [0.29, 0.717) is 12.5 Å². The summed E-state index contributed by atoms with van der Waals surface area (Å²) in [6.45, 7) is 0.676. The van der Waals surface area contributed by atoms with Crippen molar-refractivity contribution in [3.63, 3.8) is 0 Å². The van der Waals surface area contributed by atoms with E-state index in [1.54, 1.807) is 14.2 Å². The van der Waals surface area contributed by atoms with Gasteiger partial charge in [0.15, 0.2) is 11.5 Å². The number of benzene rings is 2. The lowest BCUT2D eigenvalue weighted by Crippen LogP contribution is -2.00. The molecule has 0 aromatic heterocycles. The first kappa shape index (κ1) is 15.8. The first-order valence-corrected chi connectivity index (χ1v) is 7.67. The molecule has 0 saturated carbocycles. The molecule has 3 nitrogen and oxygen atoms in total. The van der Waals surface area contributed by atoms with E-state index in [1.807, 2.05) is 30.3 Å². The third kappa shape index (κ3) is 3.94. The van der Waals surface area contributed by atoms with Crippen LogP contribution in [0.3, 0.4) is 0 Å². The lowest BCUT2D eigenvalue weighted by Gasteiger charge is -2.13. The number of fused-ring (bicyclic) bond motifs is 1. The van der Waals surface area contributed by atoms with Crippen LogP contribution in [-0.2, 0) is 0 Å². The first-order chi connectivity index (χ1) is 10.3. The van der Waals surface area contributed by atoms with Gasteiger partial charge in [-0.3, -0.25) is 0 Å². The van der Waals surface area contributed by atoms with E-state index < -0.39 is 0 Å². The van der Waals surface area contributed by atoms with E-state index in [0.717, 1.165) is 47.3 Å². The fraction of sp³-hybridized carbons (Fsp3) is 0.412. The lowest BCUT2D eigenvalue weighted by atomic mass is 10.1. The largest absolute Gasteiger partial charge is 0.497 e. The van der Waals surface area contributed by atoms with E-state index in [4.69, 9.17) is 25.8 Å². The van der Waals surface area contributed by atoms with Crippen molar-refractivity contribution in [3.05, 3.63) is 30.3 Å². The molecule has 0 saturated heterocycles. The van der Waals surface area contributed by atoms with Gasteiger partial charge in [-0.25, -0.2) is 0 Å². The summed E-state index contributed by atoms with van der Waals surface area (Å²) in [5.74, 6) is 3.09. The highest BCUT2D eigenvalue weighted by Gasteiger charge is 2.10. The third-order valence-electron chi connectivity index (χ3n) is 3.38. The summed E-state index contributed by atoms with van der Waals surface area (Å²) in [7, 11) is 3.33. The second kappa shape index (κ2) is 7.99. The molecule has 0 N–H and O–H groups in total. The van der Waals surface area contributed by atoms with Crippen LogP contribution in [0.15, 0.2) is 30.3 Å². The van der Waals surface area contributed by atoms with E-state index in [-0.39, 0.29) is 0 Å². The van der Waals surface area contributed by atoms with Crippen molar-refractivity contribution in [2.75, 3.05) is 26.7 Å². The number of hydrogen-bond acceptors (Lipinski definition) is 3. The molecule has 2 aromatic rings. The zero-order chi connectivity index (χ0) is 15.1. The summed E-state index contributed by atoms with van der Waals surface area (Å²) in [6, 6.07) is 9.88. The van der Waals surface area contributed by atoms with Gasteiger partial charge in [0.25, 0.3) is 0 Å². The van der Waals surface area contributed by atoms with E-state index in [9.17, 15) is 0 Å². The highest BCUT2D eigenvalue weighted by molar-refractivity contribution is 6.17. The number of ether oxygens (including phenoxy) is 3. The summed E-state index contributed by atoms with van der Waals surface area (Å²) >= 11 is 5.66. The Morgan fingerprint density at radius 3 is 2.52 bits per heavy atom. The Balaban J connectivity index is 2.16. The lowest BCUT2D eigenvalue weighted by molar-refractivity contribution is 0.287. The van der Waals surface area contributed by atoms with Crippen molar-refractivity contribution in [3.8, 4) is 17.2 Å². The summed E-state index contributed by atoms with van der Waals surface area (Å²) in [6.07, 6.45) is 3.10. The third-order valence-corrected chi connectivity index (χ3v) is 3.65. The molecule has 2 rings (SSSR count). The van der Waals surface area contributed by atoms with Crippen LogP contribution in [0.5, 0.6) is 17.2 Å². The monoisotopic (exact) mass is 308 g/mol. The van der Waals surface area contributed by atoms with E-state index >= 15 is 0 Å². The Labute approximate surface area is 130 Å². The number of alkyl halides is 1. The minimum atomic E-state index is 0.676. The van der Waals surface area contributed by atoms with Crippen molar-refractivity contribution < 1.29 is 14.2 Å². The zero-order valence-corrected chi connectivity index (χ0v) is 13.3. The normalized spacial score (nSPS) is 10.6. The van der Waals surface area contributed by atoms with Gasteiger partial charge < -0.3 is 14.2 Å². The van der Waals surface area contributed by atoms with Gasteiger partial charge in [-0.15, -0.1) is 11.6 Å². The molecule has 21 heavy (non-hydrogen) atoms. The number of hydrogen-bond donors (Lipinski definition) is 0. The van der Waals surface area contributed by atoms with Crippen molar-refractivity contribution in [2.24, 2.45) is 0 Å². The van der Waals surface area contributed by atoms with Gasteiger partial charge in [0, 0.05) is 11.3 Å². The van der Waals surface area contributed by atoms with Crippen LogP contribution < -0.4 is 14.2 Å². The molecular formula is C17H21ClO3. The molecule has 114 valence electrons. The van der Waals surface area contributed by atoms with Gasteiger partial charge in [0.05, 0.1) is 20.8 Å². The highest BCUT2D eigenvalue weighted by Crippen LogP contribution is 2.37. The standard InChI is InChI=1S/C17H21ClO3/c1-19-14-7-8-15-13(12-14)6-9-16(17(15)20-2)21-11-5-3-4-10-18/h6-9,12H,3-5,10-11H2,1-2H3. The smallest absolute Gasteiger partial charge is 0.168 e. The summed E-state index contributed by atoms with van der Waals surface area (Å²) in [5.41, 5.74) is 0. The molecule has 0 heterocycles. The van der Waals surface area contributed by atoms with Gasteiger partial charge >= 0.3 is 0 Å². The maximum absolute atomic E-state index is 5.84. The van der Waals surface area contributed by atoms with Crippen LogP contribution in [0, 0.1) is 0 Å². The van der Waals surface area contributed by atoms with Crippen molar-refractivity contribution in [1.29, 1.82) is 0 Å². The molecule has 4 heteroatoms. The van der Waals surface area contributed by atoms with Gasteiger partial charge in [-0.2, -0.15) is 0 Å². The van der Waals surface area contributed by atoms with Crippen LogP contribution in [0.2, 0.25) is 0 Å². The Morgan fingerprint density at radius 2 is 1.81 bits per heavy atom. The minimum absolute atomic E-state index is 0.676. The average Bonchev–Trinajstić information content (AvgIpc) is 2.53. The molecule has 0 unspecified atom stereocenters. The second-order valence-electron chi connectivity index (χ2n) is 4.78. The zero-order valence-electron chi connectivity index (χ0n) is 12.5. The molecule has 0 fully saturated rings. The SMILES string of the molecule is COc1ccc2c(OC)c(OCCCCCCl)ccc2c1. The van der Waals surface area contributed by atoms with Crippen LogP contribution in [0.25, 0.3) is 10.8 Å². The van der Waals surface area contributed by atoms with Crippen LogP contribution in [-0.4, -0.2) is 26.7 Å². The Hall–Kier alpha value is -1.61. The van der Waals surface area contributed by atoms with E-state index in [1.165, 1.54) is 0 Å². The maximum Gasteiger partial charge on any atom is 0.168 e. The molecule has 0 radical (unpaired) electrons. The molecule has 2 aromatic carbocycles. The van der Waals surface area contributed by atoms with Crippen molar-refractivity contribution in [1.82, 2.24) is 0 Å². The van der Waals surface area contributed by atoms with Gasteiger partial charge in [-0.05, 0) is 48.9 Å².